The highest BCUT2D eigenvalue weighted by molar-refractivity contribution is 6.41. The van der Waals surface area contributed by atoms with Gasteiger partial charge < -0.3 is 10.2 Å². The van der Waals surface area contributed by atoms with Gasteiger partial charge in [-0.3, -0.25) is 4.99 Å². The molecule has 0 amide bonds. The first-order chi connectivity index (χ1) is 5.13. The molecule has 0 aliphatic heterocycles. The van der Waals surface area contributed by atoms with Crippen LogP contribution in [0.3, 0.4) is 0 Å². The van der Waals surface area contributed by atoms with Gasteiger partial charge in [-0.25, -0.2) is 4.79 Å². The first kappa shape index (κ1) is 9.68. The zero-order valence-corrected chi connectivity index (χ0v) is 6.53. The van der Waals surface area contributed by atoms with Crippen molar-refractivity contribution in [3.05, 3.63) is 11.8 Å². The number of nitrogens with zero attached hydrogens (tertiary/aromatic N) is 1. The van der Waals surface area contributed by atoms with Crippen molar-refractivity contribution in [3.8, 4) is 0 Å². The van der Waals surface area contributed by atoms with Gasteiger partial charge >= 0.3 is 5.97 Å². The number of hydrogen-bond donors (Lipinski definition) is 2. The molecule has 62 valence electrons. The van der Waals surface area contributed by atoms with Gasteiger partial charge in [-0.05, 0) is 12.5 Å². The first-order valence-corrected chi connectivity index (χ1v) is 3.23. The lowest BCUT2D eigenvalue weighted by Crippen LogP contribution is -2.15. The maximum atomic E-state index is 10.3. The van der Waals surface area contributed by atoms with E-state index in [9.17, 15) is 4.79 Å². The molecule has 11 heavy (non-hydrogen) atoms. The van der Waals surface area contributed by atoms with Crippen LogP contribution in [0.2, 0.25) is 0 Å². The van der Waals surface area contributed by atoms with Gasteiger partial charge in [0.05, 0.1) is 0 Å². The van der Waals surface area contributed by atoms with Gasteiger partial charge in [0.1, 0.15) is 5.76 Å². The number of aliphatic hydroxyl groups excluding tert-OH is 1. The number of carboxylic acids is 1. The van der Waals surface area contributed by atoms with Gasteiger partial charge in [0.2, 0.25) is 0 Å². The van der Waals surface area contributed by atoms with Gasteiger partial charge in [0, 0.05) is 7.05 Å². The Morgan fingerprint density at radius 3 is 2.36 bits per heavy atom. The summed E-state index contributed by atoms with van der Waals surface area (Å²) in [5, 5.41) is 17.5. The number of allylic oxidation sites excluding steroid dienone is 1. The maximum Gasteiger partial charge on any atom is 0.357 e. The zero-order chi connectivity index (χ0) is 8.85. The summed E-state index contributed by atoms with van der Waals surface area (Å²) in [6.07, 6.45) is 1.98. The summed E-state index contributed by atoms with van der Waals surface area (Å²) in [6.45, 7) is 1.80. The van der Waals surface area contributed by atoms with Crippen molar-refractivity contribution >= 4 is 11.7 Å². The Bertz CT molecular complexity index is 206. The van der Waals surface area contributed by atoms with E-state index in [1.165, 1.54) is 13.1 Å². The monoisotopic (exact) mass is 157 g/mol. The molecule has 0 bridgehead atoms. The molecule has 0 aromatic heterocycles. The molecule has 0 saturated heterocycles. The van der Waals surface area contributed by atoms with Gasteiger partial charge in [-0.15, -0.1) is 0 Å². The van der Waals surface area contributed by atoms with Crippen molar-refractivity contribution in [2.24, 2.45) is 4.99 Å². The topological polar surface area (TPSA) is 69.9 Å². The summed E-state index contributed by atoms with van der Waals surface area (Å²) < 4.78 is 0. The van der Waals surface area contributed by atoms with Crippen LogP contribution in [0.15, 0.2) is 16.8 Å². The van der Waals surface area contributed by atoms with Gasteiger partial charge in [0.15, 0.2) is 5.71 Å². The molecule has 0 aliphatic carbocycles. The third kappa shape index (κ3) is 2.84. The largest absolute Gasteiger partial charge is 0.506 e. The van der Waals surface area contributed by atoms with Crippen LogP contribution in [0, 0.1) is 0 Å². The molecular weight excluding hydrogens is 146 g/mol. The number of hydrogen-bond acceptors (Lipinski definition) is 3. The minimum absolute atomic E-state index is 0.275. The van der Waals surface area contributed by atoms with Crippen LogP contribution in [0.5, 0.6) is 0 Å². The van der Waals surface area contributed by atoms with Crippen molar-refractivity contribution < 1.29 is 15.0 Å². The molecule has 0 heterocycles. The molecule has 0 rings (SSSR count). The molecule has 0 aromatic rings. The average Bonchev–Trinajstić information content (AvgIpc) is 1.88. The quantitative estimate of drug-likeness (QED) is 0.474. The molecule has 0 fully saturated rings. The van der Waals surface area contributed by atoms with E-state index in [4.69, 9.17) is 10.2 Å². The van der Waals surface area contributed by atoms with Gasteiger partial charge in [-0.2, -0.15) is 0 Å². The summed E-state index contributed by atoms with van der Waals surface area (Å²) in [5.74, 6) is -1.49. The molecule has 0 saturated carbocycles. The molecule has 2 N–H and O–H groups in total. The highest BCUT2D eigenvalue weighted by atomic mass is 16.4. The van der Waals surface area contributed by atoms with E-state index >= 15 is 0 Å². The van der Waals surface area contributed by atoms with Crippen LogP contribution in [-0.4, -0.2) is 28.9 Å². The van der Waals surface area contributed by atoms with Crippen molar-refractivity contribution in [1.82, 2.24) is 0 Å². The van der Waals surface area contributed by atoms with Crippen LogP contribution < -0.4 is 0 Å². The van der Waals surface area contributed by atoms with Crippen LogP contribution in [0.1, 0.15) is 13.3 Å². The van der Waals surface area contributed by atoms with Crippen LogP contribution >= 0.6 is 0 Å². The van der Waals surface area contributed by atoms with E-state index < -0.39 is 5.97 Å². The number of rotatable bonds is 3. The Morgan fingerprint density at radius 1 is 1.55 bits per heavy atom. The second-order valence-electron chi connectivity index (χ2n) is 1.87. The lowest BCUT2D eigenvalue weighted by molar-refractivity contribution is -0.129. The highest BCUT2D eigenvalue weighted by Gasteiger charge is 2.11. The predicted octanol–water partition coefficient (Wildman–Crippen LogP) is 0.994. The molecule has 0 spiro atoms. The van der Waals surface area contributed by atoms with E-state index in [2.05, 4.69) is 4.99 Å². The SMILES string of the molecule is CC/C=C(/O)C(=NC)C(=O)O. The minimum Gasteiger partial charge on any atom is -0.506 e. The fourth-order valence-electron chi connectivity index (χ4n) is 0.610. The molecule has 0 radical (unpaired) electrons. The number of carboxylic acid groups (broad SMARTS) is 1. The lowest BCUT2D eigenvalue weighted by atomic mass is 10.2. The van der Waals surface area contributed by atoms with Crippen molar-refractivity contribution in [3.63, 3.8) is 0 Å². The zero-order valence-electron chi connectivity index (χ0n) is 6.53. The number of aliphatic carboxylic acids is 1. The van der Waals surface area contributed by atoms with Gasteiger partial charge in [-0.1, -0.05) is 6.92 Å². The second-order valence-corrected chi connectivity index (χ2v) is 1.87. The molecule has 4 nitrogen and oxygen atoms in total. The Hall–Kier alpha value is -1.32. The highest BCUT2D eigenvalue weighted by Crippen LogP contribution is 1.95. The predicted molar refractivity (Wildman–Crippen MR) is 42.0 cm³/mol. The van der Waals surface area contributed by atoms with Crippen molar-refractivity contribution in [2.75, 3.05) is 7.05 Å². The fraction of sp³-hybridized carbons (Fsp3) is 0.429. The third-order valence-corrected chi connectivity index (χ3v) is 1.07. The Balaban J connectivity index is 4.54. The summed E-state index contributed by atoms with van der Waals surface area (Å²) in [4.78, 5) is 13.7. The molecular formula is C7H11NO3. The third-order valence-electron chi connectivity index (χ3n) is 1.07. The molecule has 0 unspecified atom stereocenters. The summed E-state index contributed by atoms with van der Waals surface area (Å²) in [6, 6.07) is 0. The standard InChI is InChI=1S/C7H11NO3/c1-3-4-5(9)6(8-2)7(10)11/h4,9H,3H2,1-2H3,(H,10,11)/b5-4+,8-6?. The fourth-order valence-corrected chi connectivity index (χ4v) is 0.610. The number of aliphatic imine (C=N–C) groups is 1. The Kier molecular flexibility index (Phi) is 3.95. The normalized spacial score (nSPS) is 13.3. The van der Waals surface area contributed by atoms with E-state index in [1.54, 1.807) is 6.92 Å². The Labute approximate surface area is 64.9 Å². The summed E-state index contributed by atoms with van der Waals surface area (Å²) in [7, 11) is 1.32. The summed E-state index contributed by atoms with van der Waals surface area (Å²) >= 11 is 0. The second kappa shape index (κ2) is 4.49. The smallest absolute Gasteiger partial charge is 0.357 e. The molecule has 0 atom stereocenters. The van der Waals surface area contributed by atoms with Crippen molar-refractivity contribution in [2.45, 2.75) is 13.3 Å². The van der Waals surface area contributed by atoms with E-state index in [1.807, 2.05) is 0 Å². The summed E-state index contributed by atoms with van der Waals surface area (Å²) in [5.41, 5.74) is -0.299. The number of aliphatic hydroxyl groups is 1. The van der Waals surface area contributed by atoms with Crippen molar-refractivity contribution in [1.29, 1.82) is 0 Å². The molecule has 0 aliphatic rings. The average molecular weight is 157 g/mol. The molecule has 4 heteroatoms. The lowest BCUT2D eigenvalue weighted by Gasteiger charge is -1.96. The van der Waals surface area contributed by atoms with Gasteiger partial charge in [0.25, 0.3) is 0 Å². The first-order valence-electron chi connectivity index (χ1n) is 3.23. The molecule has 0 aromatic carbocycles. The Morgan fingerprint density at radius 2 is 2.09 bits per heavy atom. The van der Waals surface area contributed by atoms with Crippen LogP contribution in [0.4, 0.5) is 0 Å². The van der Waals surface area contributed by atoms with E-state index in [0.717, 1.165) is 0 Å². The number of carbonyl (C=O) groups is 1. The van der Waals surface area contributed by atoms with Crippen LogP contribution in [0.25, 0.3) is 0 Å². The van der Waals surface area contributed by atoms with E-state index in [-0.39, 0.29) is 11.5 Å². The van der Waals surface area contributed by atoms with Crippen LogP contribution in [-0.2, 0) is 4.79 Å². The maximum absolute atomic E-state index is 10.3. The van der Waals surface area contributed by atoms with E-state index in [0.29, 0.717) is 6.42 Å². The minimum atomic E-state index is -1.21.